The number of alkyl halides is 1. The molecule has 2 rings (SSSR count). The number of nitrogens with zero attached hydrogens (tertiary/aromatic N) is 3. The third-order valence-electron chi connectivity index (χ3n) is 3.29. The van der Waals surface area contributed by atoms with E-state index in [4.69, 9.17) is 0 Å². The first kappa shape index (κ1) is 13.1. The Morgan fingerprint density at radius 3 is 2.83 bits per heavy atom. The third-order valence-corrected chi connectivity index (χ3v) is 3.29. The molecule has 2 heterocycles. The van der Waals surface area contributed by atoms with E-state index in [1.165, 1.54) is 0 Å². The average molecular weight is 253 g/mol. The zero-order valence-corrected chi connectivity index (χ0v) is 11.2. The number of rotatable bonds is 2. The number of likely N-dealkylation sites (tertiary alicyclic amines) is 1. The van der Waals surface area contributed by atoms with Gasteiger partial charge in [-0.2, -0.15) is 5.10 Å². The van der Waals surface area contributed by atoms with E-state index in [9.17, 15) is 9.18 Å². The molecule has 1 fully saturated rings. The molecule has 18 heavy (non-hydrogen) atoms. The molecule has 0 saturated carbocycles. The molecule has 4 nitrogen and oxygen atoms in total. The fourth-order valence-electron chi connectivity index (χ4n) is 2.27. The van der Waals surface area contributed by atoms with Gasteiger partial charge in [0, 0.05) is 18.8 Å². The smallest absolute Gasteiger partial charge is 0.274 e. The van der Waals surface area contributed by atoms with E-state index in [0.717, 1.165) is 0 Å². The van der Waals surface area contributed by atoms with E-state index >= 15 is 0 Å². The minimum absolute atomic E-state index is 0.167. The number of hydrogen-bond acceptors (Lipinski definition) is 2. The van der Waals surface area contributed by atoms with Gasteiger partial charge < -0.3 is 4.90 Å². The van der Waals surface area contributed by atoms with Crippen LogP contribution in [0, 0.1) is 0 Å². The first-order chi connectivity index (χ1) is 8.39. The van der Waals surface area contributed by atoms with Crippen molar-refractivity contribution in [2.75, 3.05) is 13.1 Å². The molecule has 5 heteroatoms. The fourth-order valence-corrected chi connectivity index (χ4v) is 2.27. The first-order valence-corrected chi connectivity index (χ1v) is 6.42. The van der Waals surface area contributed by atoms with Crippen LogP contribution in [0.2, 0.25) is 0 Å². The molecule has 1 atom stereocenters. The summed E-state index contributed by atoms with van der Waals surface area (Å²) in [5.41, 5.74) is -0.865. The molecule has 0 aromatic carbocycles. The van der Waals surface area contributed by atoms with Crippen LogP contribution in [0.1, 0.15) is 50.1 Å². The maximum atomic E-state index is 13.9. The van der Waals surface area contributed by atoms with Gasteiger partial charge in [-0.25, -0.2) is 4.39 Å². The fraction of sp³-hybridized carbons (Fsp3) is 0.692. The number of amides is 1. The molecular weight excluding hydrogens is 233 g/mol. The van der Waals surface area contributed by atoms with Crippen molar-refractivity contribution in [3.8, 4) is 0 Å². The van der Waals surface area contributed by atoms with Crippen LogP contribution in [0.25, 0.3) is 0 Å². The quantitative estimate of drug-likeness (QED) is 0.812. The van der Waals surface area contributed by atoms with Crippen molar-refractivity contribution in [1.82, 2.24) is 14.7 Å². The van der Waals surface area contributed by atoms with Crippen LogP contribution >= 0.6 is 0 Å². The van der Waals surface area contributed by atoms with Gasteiger partial charge in [0.15, 0.2) is 0 Å². The molecule has 1 aliphatic heterocycles. The topological polar surface area (TPSA) is 38.1 Å². The highest BCUT2D eigenvalue weighted by atomic mass is 19.1. The number of piperidine rings is 1. The Morgan fingerprint density at radius 2 is 2.28 bits per heavy atom. The number of halogens is 1. The van der Waals surface area contributed by atoms with Crippen molar-refractivity contribution in [2.24, 2.45) is 0 Å². The molecule has 0 radical (unpaired) electrons. The SMILES string of the molecule is CC(C)n1ccc(C(=O)N2CCC[C@@](C)(F)C2)n1. The maximum Gasteiger partial charge on any atom is 0.274 e. The van der Waals surface area contributed by atoms with Crippen molar-refractivity contribution >= 4 is 5.91 Å². The van der Waals surface area contributed by atoms with E-state index in [1.54, 1.807) is 28.8 Å². The van der Waals surface area contributed by atoms with Crippen LogP contribution in [-0.4, -0.2) is 39.3 Å². The number of hydrogen-bond donors (Lipinski definition) is 0. The average Bonchev–Trinajstić information content (AvgIpc) is 2.76. The Balaban J connectivity index is 2.10. The zero-order chi connectivity index (χ0) is 13.3. The molecule has 0 unspecified atom stereocenters. The second-order valence-corrected chi connectivity index (χ2v) is 5.52. The molecule has 1 aromatic rings. The molecular formula is C13H20FN3O. The van der Waals surface area contributed by atoms with Crippen molar-refractivity contribution in [1.29, 1.82) is 0 Å². The predicted molar refractivity (Wildman–Crippen MR) is 67.3 cm³/mol. The Hall–Kier alpha value is -1.39. The second-order valence-electron chi connectivity index (χ2n) is 5.52. The van der Waals surface area contributed by atoms with E-state index in [-0.39, 0.29) is 18.5 Å². The molecule has 1 aliphatic rings. The summed E-state index contributed by atoms with van der Waals surface area (Å²) in [5, 5.41) is 4.24. The Morgan fingerprint density at radius 1 is 1.56 bits per heavy atom. The van der Waals surface area contributed by atoms with Crippen LogP contribution in [0.4, 0.5) is 4.39 Å². The Bertz CT molecular complexity index is 439. The van der Waals surface area contributed by atoms with Gasteiger partial charge in [-0.3, -0.25) is 9.48 Å². The van der Waals surface area contributed by atoms with Crippen LogP contribution < -0.4 is 0 Å². The molecule has 0 N–H and O–H groups in total. The monoisotopic (exact) mass is 253 g/mol. The maximum absolute atomic E-state index is 13.9. The van der Waals surface area contributed by atoms with Crippen LogP contribution in [0.5, 0.6) is 0 Å². The van der Waals surface area contributed by atoms with Gasteiger partial charge in [-0.1, -0.05) is 0 Å². The van der Waals surface area contributed by atoms with Gasteiger partial charge in [0.05, 0.1) is 6.54 Å². The van der Waals surface area contributed by atoms with Crippen molar-refractivity contribution in [3.05, 3.63) is 18.0 Å². The highest BCUT2D eigenvalue weighted by Crippen LogP contribution is 2.25. The van der Waals surface area contributed by atoms with Crippen molar-refractivity contribution in [2.45, 2.75) is 45.3 Å². The van der Waals surface area contributed by atoms with Gasteiger partial charge in [0.2, 0.25) is 0 Å². The zero-order valence-electron chi connectivity index (χ0n) is 11.2. The second kappa shape index (κ2) is 4.71. The summed E-state index contributed by atoms with van der Waals surface area (Å²) in [6.45, 7) is 6.34. The van der Waals surface area contributed by atoms with Gasteiger partial charge in [0.1, 0.15) is 11.4 Å². The van der Waals surface area contributed by atoms with Crippen molar-refractivity contribution < 1.29 is 9.18 Å². The normalized spacial score (nSPS) is 24.6. The molecule has 0 bridgehead atoms. The minimum atomic E-state index is -1.27. The number of carbonyl (C=O) groups is 1. The lowest BCUT2D eigenvalue weighted by atomic mass is 9.97. The molecule has 1 amide bonds. The highest BCUT2D eigenvalue weighted by molar-refractivity contribution is 5.92. The molecule has 100 valence electrons. The largest absolute Gasteiger partial charge is 0.334 e. The summed E-state index contributed by atoms with van der Waals surface area (Å²) in [6.07, 6.45) is 3.03. The third kappa shape index (κ3) is 2.71. The standard InChI is InChI=1S/C13H20FN3O/c1-10(2)17-8-5-11(15-17)12(18)16-7-4-6-13(3,14)9-16/h5,8,10H,4,6-7,9H2,1-3H3/t13-/m1/s1. The van der Waals surface area contributed by atoms with Crippen molar-refractivity contribution in [3.63, 3.8) is 0 Å². The minimum Gasteiger partial charge on any atom is -0.334 e. The summed E-state index contributed by atoms with van der Waals surface area (Å²) >= 11 is 0. The summed E-state index contributed by atoms with van der Waals surface area (Å²) in [6, 6.07) is 1.92. The Labute approximate surface area is 107 Å². The lowest BCUT2D eigenvalue weighted by Gasteiger charge is -2.34. The highest BCUT2D eigenvalue weighted by Gasteiger charge is 2.33. The van der Waals surface area contributed by atoms with Crippen LogP contribution in [-0.2, 0) is 0 Å². The molecule has 1 aromatic heterocycles. The first-order valence-electron chi connectivity index (χ1n) is 6.42. The van der Waals surface area contributed by atoms with E-state index < -0.39 is 5.67 Å². The predicted octanol–water partition coefficient (Wildman–Crippen LogP) is 2.43. The number of aromatic nitrogens is 2. The summed E-state index contributed by atoms with van der Waals surface area (Å²) in [4.78, 5) is 13.8. The molecule has 0 aliphatic carbocycles. The van der Waals surface area contributed by atoms with Gasteiger partial charge in [-0.05, 0) is 39.7 Å². The van der Waals surface area contributed by atoms with Crippen LogP contribution in [0.3, 0.4) is 0 Å². The molecule has 0 spiro atoms. The summed E-state index contributed by atoms with van der Waals surface area (Å²) < 4.78 is 15.7. The summed E-state index contributed by atoms with van der Waals surface area (Å²) in [7, 11) is 0. The van der Waals surface area contributed by atoms with Crippen LogP contribution in [0.15, 0.2) is 12.3 Å². The van der Waals surface area contributed by atoms with E-state index in [1.807, 2.05) is 13.8 Å². The van der Waals surface area contributed by atoms with Gasteiger partial charge in [0.25, 0.3) is 5.91 Å². The van der Waals surface area contributed by atoms with E-state index in [0.29, 0.717) is 25.1 Å². The lowest BCUT2D eigenvalue weighted by molar-refractivity contribution is 0.0412. The molecule has 1 saturated heterocycles. The van der Waals surface area contributed by atoms with Gasteiger partial charge in [-0.15, -0.1) is 0 Å². The number of carbonyl (C=O) groups excluding carboxylic acids is 1. The lowest BCUT2D eigenvalue weighted by Crippen LogP contribution is -2.46. The van der Waals surface area contributed by atoms with E-state index in [2.05, 4.69) is 5.10 Å². The van der Waals surface area contributed by atoms with Gasteiger partial charge >= 0.3 is 0 Å². The Kier molecular flexibility index (Phi) is 3.41. The summed E-state index contributed by atoms with van der Waals surface area (Å²) in [5.74, 6) is -0.169.